The lowest BCUT2D eigenvalue weighted by atomic mass is 10.00. The van der Waals surface area contributed by atoms with Crippen molar-refractivity contribution in [1.82, 2.24) is 25.7 Å². The summed E-state index contributed by atoms with van der Waals surface area (Å²) in [6.45, 7) is 2.92. The van der Waals surface area contributed by atoms with Gasteiger partial charge in [0.05, 0.1) is 17.4 Å². The van der Waals surface area contributed by atoms with E-state index in [2.05, 4.69) is 45.1 Å². The number of benzene rings is 1. The SMILES string of the molecule is COCc1nc(OC)c2c(C)c(C(=O)N(C)CCCC3CC(c4ccccc4)NN3)sc2n1. The second-order valence-electron chi connectivity index (χ2n) is 8.37. The van der Waals surface area contributed by atoms with Gasteiger partial charge < -0.3 is 14.4 Å². The summed E-state index contributed by atoms with van der Waals surface area (Å²) >= 11 is 1.39. The summed E-state index contributed by atoms with van der Waals surface area (Å²) in [6, 6.07) is 11.2. The molecule has 0 radical (unpaired) electrons. The number of thiophene rings is 1. The maximum atomic E-state index is 13.2. The highest BCUT2D eigenvalue weighted by Gasteiger charge is 2.26. The zero-order valence-corrected chi connectivity index (χ0v) is 20.4. The molecule has 1 amide bonds. The number of rotatable bonds is 9. The first-order chi connectivity index (χ1) is 16.0. The lowest BCUT2D eigenvalue weighted by molar-refractivity contribution is 0.0796. The van der Waals surface area contributed by atoms with Gasteiger partial charge in [-0.1, -0.05) is 30.3 Å². The van der Waals surface area contributed by atoms with Crippen LogP contribution in [0.1, 0.15) is 51.9 Å². The first kappa shape index (κ1) is 23.6. The highest BCUT2D eigenvalue weighted by molar-refractivity contribution is 7.20. The van der Waals surface area contributed by atoms with Crippen molar-refractivity contribution in [3.05, 3.63) is 52.2 Å². The van der Waals surface area contributed by atoms with Gasteiger partial charge in [0.1, 0.15) is 11.4 Å². The second-order valence-corrected chi connectivity index (χ2v) is 9.37. The number of aromatic nitrogens is 2. The summed E-state index contributed by atoms with van der Waals surface area (Å²) < 4.78 is 10.6. The van der Waals surface area contributed by atoms with Gasteiger partial charge in [-0.3, -0.25) is 15.6 Å². The van der Waals surface area contributed by atoms with Gasteiger partial charge >= 0.3 is 0 Å². The second kappa shape index (κ2) is 10.6. The van der Waals surface area contributed by atoms with E-state index in [1.807, 2.05) is 20.0 Å². The minimum atomic E-state index is 0.00510. The van der Waals surface area contributed by atoms with Crippen molar-refractivity contribution in [2.75, 3.05) is 27.8 Å². The zero-order valence-electron chi connectivity index (χ0n) is 19.6. The molecule has 2 N–H and O–H groups in total. The molecule has 1 saturated heterocycles. The summed E-state index contributed by atoms with van der Waals surface area (Å²) in [5.41, 5.74) is 8.96. The lowest BCUT2D eigenvalue weighted by Crippen LogP contribution is -2.32. The van der Waals surface area contributed by atoms with Crippen LogP contribution in [0.3, 0.4) is 0 Å². The molecule has 33 heavy (non-hydrogen) atoms. The van der Waals surface area contributed by atoms with Gasteiger partial charge in [0.25, 0.3) is 5.91 Å². The normalized spacial score (nSPS) is 18.1. The molecule has 1 fully saturated rings. The third kappa shape index (κ3) is 5.16. The Morgan fingerprint density at radius 3 is 2.73 bits per heavy atom. The quantitative estimate of drug-likeness (QED) is 0.495. The molecule has 2 atom stereocenters. The molecular formula is C24H31N5O3S. The standard InChI is InChI=1S/C24H31N5O3S/c1-15-20-22(32-4)25-19(14-31-3)26-23(20)33-21(15)24(30)29(2)12-8-11-17-13-18(28-27-17)16-9-6-5-7-10-16/h5-7,9-10,17-18,27-28H,8,11-14H2,1-4H3. The van der Waals surface area contributed by atoms with E-state index >= 15 is 0 Å². The van der Waals surface area contributed by atoms with Crippen LogP contribution in [0.2, 0.25) is 0 Å². The van der Waals surface area contributed by atoms with Crippen LogP contribution in [0.5, 0.6) is 5.88 Å². The molecule has 3 aromatic rings. The van der Waals surface area contributed by atoms with Crippen molar-refractivity contribution in [3.63, 3.8) is 0 Å². The number of carbonyl (C=O) groups is 1. The number of hydrogen-bond donors (Lipinski definition) is 2. The smallest absolute Gasteiger partial charge is 0.264 e. The number of methoxy groups -OCH3 is 2. The van der Waals surface area contributed by atoms with Crippen LogP contribution in [0.4, 0.5) is 0 Å². The van der Waals surface area contributed by atoms with Crippen LogP contribution in [-0.4, -0.2) is 54.6 Å². The van der Waals surface area contributed by atoms with Gasteiger partial charge in [0, 0.05) is 32.8 Å². The Balaban J connectivity index is 1.37. The number of amides is 1. The first-order valence-electron chi connectivity index (χ1n) is 11.2. The van der Waals surface area contributed by atoms with Crippen molar-refractivity contribution in [2.24, 2.45) is 0 Å². The first-order valence-corrected chi connectivity index (χ1v) is 12.0. The Morgan fingerprint density at radius 1 is 1.21 bits per heavy atom. The number of ether oxygens (including phenoxy) is 2. The summed E-state index contributed by atoms with van der Waals surface area (Å²) in [6.07, 6.45) is 2.96. The van der Waals surface area contributed by atoms with Gasteiger partial charge in [0.2, 0.25) is 5.88 Å². The van der Waals surface area contributed by atoms with Gasteiger partial charge in [0.15, 0.2) is 5.82 Å². The van der Waals surface area contributed by atoms with Crippen molar-refractivity contribution in [1.29, 1.82) is 0 Å². The number of hydrogen-bond acceptors (Lipinski definition) is 8. The Labute approximate surface area is 198 Å². The molecule has 3 heterocycles. The van der Waals surface area contributed by atoms with Crippen LogP contribution in [0.15, 0.2) is 30.3 Å². The van der Waals surface area contributed by atoms with E-state index in [9.17, 15) is 4.79 Å². The number of nitrogens with one attached hydrogen (secondary N) is 2. The van der Waals surface area contributed by atoms with Crippen molar-refractivity contribution >= 4 is 27.5 Å². The van der Waals surface area contributed by atoms with Crippen LogP contribution in [-0.2, 0) is 11.3 Å². The van der Waals surface area contributed by atoms with E-state index < -0.39 is 0 Å². The van der Waals surface area contributed by atoms with E-state index in [4.69, 9.17) is 9.47 Å². The molecule has 9 heteroatoms. The molecule has 1 aromatic carbocycles. The Kier molecular flexibility index (Phi) is 7.54. The maximum Gasteiger partial charge on any atom is 0.264 e. The fourth-order valence-corrected chi connectivity index (χ4v) is 5.44. The predicted molar refractivity (Wildman–Crippen MR) is 129 cm³/mol. The monoisotopic (exact) mass is 469 g/mol. The van der Waals surface area contributed by atoms with Crippen LogP contribution < -0.4 is 15.6 Å². The molecular weight excluding hydrogens is 438 g/mol. The third-order valence-electron chi connectivity index (χ3n) is 6.04. The van der Waals surface area contributed by atoms with Crippen molar-refractivity contribution in [2.45, 2.75) is 44.9 Å². The zero-order chi connectivity index (χ0) is 23.4. The summed E-state index contributed by atoms with van der Waals surface area (Å²) in [7, 11) is 5.04. The van der Waals surface area contributed by atoms with Crippen molar-refractivity contribution in [3.8, 4) is 5.88 Å². The summed E-state index contributed by atoms with van der Waals surface area (Å²) in [5.74, 6) is 1.03. The topological polar surface area (TPSA) is 88.6 Å². The summed E-state index contributed by atoms with van der Waals surface area (Å²) in [4.78, 5) is 25.4. The third-order valence-corrected chi connectivity index (χ3v) is 7.21. The number of aryl methyl sites for hydroxylation is 1. The minimum absolute atomic E-state index is 0.00510. The summed E-state index contributed by atoms with van der Waals surface area (Å²) in [5, 5.41) is 0.798. The molecule has 2 unspecified atom stereocenters. The molecule has 1 aliphatic heterocycles. The predicted octanol–water partition coefficient (Wildman–Crippen LogP) is 3.61. The highest BCUT2D eigenvalue weighted by atomic mass is 32.1. The number of carbonyl (C=O) groups excluding carboxylic acids is 1. The molecule has 2 aromatic heterocycles. The van der Waals surface area contributed by atoms with E-state index in [0.717, 1.165) is 35.0 Å². The Morgan fingerprint density at radius 2 is 2.00 bits per heavy atom. The largest absolute Gasteiger partial charge is 0.480 e. The number of nitrogens with zero attached hydrogens (tertiary/aromatic N) is 3. The maximum absolute atomic E-state index is 13.2. The van der Waals surface area contributed by atoms with E-state index in [0.29, 0.717) is 41.8 Å². The van der Waals surface area contributed by atoms with Gasteiger partial charge in [-0.15, -0.1) is 11.3 Å². The molecule has 176 valence electrons. The van der Waals surface area contributed by atoms with Gasteiger partial charge in [-0.2, -0.15) is 4.98 Å². The van der Waals surface area contributed by atoms with Gasteiger partial charge in [-0.25, -0.2) is 4.98 Å². The Bertz CT molecular complexity index is 1100. The fraction of sp³-hybridized carbons (Fsp3) is 0.458. The van der Waals surface area contributed by atoms with Gasteiger partial charge in [-0.05, 0) is 37.3 Å². The number of fused-ring (bicyclic) bond motifs is 1. The van der Waals surface area contributed by atoms with Crippen LogP contribution in [0.25, 0.3) is 10.2 Å². The van der Waals surface area contributed by atoms with Crippen LogP contribution >= 0.6 is 11.3 Å². The molecule has 0 saturated carbocycles. The Hall–Kier alpha value is -2.59. The average molecular weight is 470 g/mol. The van der Waals surface area contributed by atoms with E-state index in [1.54, 1.807) is 19.1 Å². The van der Waals surface area contributed by atoms with E-state index in [1.165, 1.54) is 16.9 Å². The molecule has 1 aliphatic rings. The lowest BCUT2D eigenvalue weighted by Gasteiger charge is -2.18. The average Bonchev–Trinajstić information content (AvgIpc) is 3.43. The molecule has 0 bridgehead atoms. The van der Waals surface area contributed by atoms with Crippen LogP contribution in [0, 0.1) is 6.92 Å². The van der Waals surface area contributed by atoms with Crippen molar-refractivity contribution < 1.29 is 14.3 Å². The molecule has 8 nitrogen and oxygen atoms in total. The highest BCUT2D eigenvalue weighted by Crippen LogP contribution is 2.35. The molecule has 0 spiro atoms. The molecule has 0 aliphatic carbocycles. The molecule has 4 rings (SSSR count). The van der Waals surface area contributed by atoms with E-state index in [-0.39, 0.29) is 5.91 Å². The fourth-order valence-electron chi connectivity index (χ4n) is 4.25. The minimum Gasteiger partial charge on any atom is -0.480 e. The number of hydrazine groups is 1.